The van der Waals surface area contributed by atoms with Crippen molar-refractivity contribution in [2.24, 2.45) is 5.92 Å². The first-order chi connectivity index (χ1) is 3.38. The van der Waals surface area contributed by atoms with Crippen LogP contribution in [-0.4, -0.2) is 13.2 Å². The van der Waals surface area contributed by atoms with Crippen molar-refractivity contribution in [1.82, 2.24) is 0 Å². The third kappa shape index (κ3) is 0.829. The molecule has 0 spiro atoms. The van der Waals surface area contributed by atoms with Gasteiger partial charge in [-0.25, -0.2) is 0 Å². The number of methoxy groups -OCH3 is 1. The van der Waals surface area contributed by atoms with Crippen LogP contribution in [0.2, 0.25) is 0 Å². The van der Waals surface area contributed by atoms with Gasteiger partial charge in [0.15, 0.2) is 0 Å². The van der Waals surface area contributed by atoms with Gasteiger partial charge in [0.2, 0.25) is 0 Å². The summed E-state index contributed by atoms with van der Waals surface area (Å²) in [6, 6.07) is 0. The molecule has 0 N–H and O–H groups in total. The van der Waals surface area contributed by atoms with Gasteiger partial charge >= 0.3 is 0 Å². The van der Waals surface area contributed by atoms with Crippen molar-refractivity contribution in [3.8, 4) is 0 Å². The lowest BCUT2D eigenvalue weighted by atomic mass is 10.4. The number of rotatable bonds is 2. The molecule has 40 valence electrons. The predicted molar refractivity (Wildman–Crippen MR) is 29.1 cm³/mol. The molecule has 0 aliphatic heterocycles. The number of hydrogen-bond acceptors (Lipinski definition) is 1. The fourth-order valence-electron chi connectivity index (χ4n) is 0.709. The second kappa shape index (κ2) is 1.66. The van der Waals surface area contributed by atoms with Gasteiger partial charge < -0.3 is 4.74 Å². The van der Waals surface area contributed by atoms with Gasteiger partial charge in [0, 0.05) is 13.0 Å². The molecule has 0 aromatic heterocycles. The quantitative estimate of drug-likeness (QED) is 0.472. The molecule has 1 fully saturated rings. The van der Waals surface area contributed by atoms with Crippen LogP contribution in [0.4, 0.5) is 0 Å². The highest BCUT2D eigenvalue weighted by Crippen LogP contribution is 2.33. The summed E-state index contributed by atoms with van der Waals surface area (Å²) in [5.74, 6) is 0.657. The summed E-state index contributed by atoms with van der Waals surface area (Å²) in [6.45, 7) is 3.64. The van der Waals surface area contributed by atoms with Crippen molar-refractivity contribution in [2.45, 2.75) is 12.5 Å². The van der Waals surface area contributed by atoms with Crippen LogP contribution in [0.5, 0.6) is 0 Å². The van der Waals surface area contributed by atoms with E-state index in [4.69, 9.17) is 4.74 Å². The first-order valence-corrected chi connectivity index (χ1v) is 2.54. The Hall–Kier alpha value is -0.300. The molecule has 0 aromatic carbocycles. The van der Waals surface area contributed by atoms with Gasteiger partial charge in [-0.05, 0) is 6.42 Å². The molecule has 1 aliphatic carbocycles. The maximum atomic E-state index is 4.99. The Balaban J connectivity index is 2.17. The lowest BCUT2D eigenvalue weighted by Gasteiger charge is -1.86. The summed E-state index contributed by atoms with van der Waals surface area (Å²) in [7, 11) is 1.74. The Kier molecular flexibility index (Phi) is 1.15. The largest absolute Gasteiger partial charge is 0.381 e. The molecule has 1 saturated carbocycles. The Morgan fingerprint density at radius 1 is 1.86 bits per heavy atom. The van der Waals surface area contributed by atoms with Crippen LogP contribution in [-0.2, 0) is 4.74 Å². The highest BCUT2D eigenvalue weighted by atomic mass is 16.5. The molecule has 0 radical (unpaired) electrons. The SMILES string of the molecule is C=CC1CC1OC. The lowest BCUT2D eigenvalue weighted by molar-refractivity contribution is 0.175. The second-order valence-corrected chi connectivity index (χ2v) is 1.91. The van der Waals surface area contributed by atoms with Crippen molar-refractivity contribution in [3.05, 3.63) is 12.7 Å². The van der Waals surface area contributed by atoms with E-state index < -0.39 is 0 Å². The van der Waals surface area contributed by atoms with Crippen LogP contribution in [0.15, 0.2) is 12.7 Å². The summed E-state index contributed by atoms with van der Waals surface area (Å²) >= 11 is 0. The van der Waals surface area contributed by atoms with Crippen LogP contribution < -0.4 is 0 Å². The Bertz CT molecular complexity index is 78.2. The van der Waals surface area contributed by atoms with E-state index in [9.17, 15) is 0 Å². The van der Waals surface area contributed by atoms with Crippen LogP contribution >= 0.6 is 0 Å². The molecule has 2 unspecified atom stereocenters. The van der Waals surface area contributed by atoms with Crippen LogP contribution in [0, 0.1) is 5.92 Å². The Labute approximate surface area is 44.0 Å². The zero-order valence-electron chi connectivity index (χ0n) is 4.55. The van der Waals surface area contributed by atoms with Gasteiger partial charge in [-0.3, -0.25) is 0 Å². The average Bonchev–Trinajstić information content (AvgIpc) is 2.43. The minimum atomic E-state index is 0.498. The minimum absolute atomic E-state index is 0.498. The molecular formula is C6H10O. The van der Waals surface area contributed by atoms with Gasteiger partial charge in [0.05, 0.1) is 6.10 Å². The molecule has 2 atom stereocenters. The van der Waals surface area contributed by atoms with E-state index in [0.717, 1.165) is 0 Å². The standard InChI is InChI=1S/C6H10O/c1-3-5-4-6(5)7-2/h3,5-6H,1,4H2,2H3. The van der Waals surface area contributed by atoms with Crippen molar-refractivity contribution >= 4 is 0 Å². The summed E-state index contributed by atoms with van der Waals surface area (Å²) < 4.78 is 4.99. The molecule has 1 rings (SSSR count). The van der Waals surface area contributed by atoms with E-state index >= 15 is 0 Å². The van der Waals surface area contributed by atoms with Crippen molar-refractivity contribution in [2.75, 3.05) is 7.11 Å². The highest BCUT2D eigenvalue weighted by Gasteiger charge is 2.33. The third-order valence-corrected chi connectivity index (χ3v) is 1.38. The smallest absolute Gasteiger partial charge is 0.0641 e. The average molecular weight is 98.1 g/mol. The lowest BCUT2D eigenvalue weighted by Crippen LogP contribution is -1.86. The van der Waals surface area contributed by atoms with E-state index in [0.29, 0.717) is 12.0 Å². The first-order valence-electron chi connectivity index (χ1n) is 2.54. The molecule has 1 nitrogen and oxygen atoms in total. The minimum Gasteiger partial charge on any atom is -0.381 e. The van der Waals surface area contributed by atoms with E-state index in [1.807, 2.05) is 6.08 Å². The molecule has 0 saturated heterocycles. The zero-order valence-corrected chi connectivity index (χ0v) is 4.55. The summed E-state index contributed by atoms with van der Waals surface area (Å²) in [4.78, 5) is 0. The summed E-state index contributed by atoms with van der Waals surface area (Å²) in [6.07, 6.45) is 3.63. The molecule has 7 heavy (non-hydrogen) atoms. The third-order valence-electron chi connectivity index (χ3n) is 1.38. The second-order valence-electron chi connectivity index (χ2n) is 1.91. The van der Waals surface area contributed by atoms with Crippen LogP contribution in [0.1, 0.15) is 6.42 Å². The van der Waals surface area contributed by atoms with Gasteiger partial charge in [0.25, 0.3) is 0 Å². The summed E-state index contributed by atoms with van der Waals surface area (Å²) in [5.41, 5.74) is 0. The topological polar surface area (TPSA) is 9.23 Å². The molecule has 0 aromatic rings. The fraction of sp³-hybridized carbons (Fsp3) is 0.667. The zero-order chi connectivity index (χ0) is 5.28. The van der Waals surface area contributed by atoms with E-state index in [-0.39, 0.29) is 0 Å². The summed E-state index contributed by atoms with van der Waals surface area (Å²) in [5, 5.41) is 0. The van der Waals surface area contributed by atoms with Gasteiger partial charge in [-0.15, -0.1) is 6.58 Å². The number of hydrogen-bond donors (Lipinski definition) is 0. The molecular weight excluding hydrogens is 88.1 g/mol. The molecule has 0 heterocycles. The normalized spacial score (nSPS) is 37.9. The van der Waals surface area contributed by atoms with Gasteiger partial charge in [-0.2, -0.15) is 0 Å². The Morgan fingerprint density at radius 3 is 2.71 bits per heavy atom. The van der Waals surface area contributed by atoms with Crippen molar-refractivity contribution in [3.63, 3.8) is 0 Å². The maximum Gasteiger partial charge on any atom is 0.0641 e. The van der Waals surface area contributed by atoms with Crippen LogP contribution in [0.25, 0.3) is 0 Å². The van der Waals surface area contributed by atoms with Crippen LogP contribution in [0.3, 0.4) is 0 Å². The molecule has 0 amide bonds. The fourth-order valence-corrected chi connectivity index (χ4v) is 0.709. The molecule has 1 heteroatoms. The van der Waals surface area contributed by atoms with Crippen molar-refractivity contribution < 1.29 is 4.74 Å². The molecule has 1 aliphatic rings. The van der Waals surface area contributed by atoms with E-state index in [2.05, 4.69) is 6.58 Å². The molecule has 0 bridgehead atoms. The van der Waals surface area contributed by atoms with Gasteiger partial charge in [-0.1, -0.05) is 6.08 Å². The van der Waals surface area contributed by atoms with E-state index in [1.54, 1.807) is 7.11 Å². The maximum absolute atomic E-state index is 4.99. The Morgan fingerprint density at radius 2 is 2.57 bits per heavy atom. The van der Waals surface area contributed by atoms with Crippen molar-refractivity contribution in [1.29, 1.82) is 0 Å². The number of ether oxygens (including phenoxy) is 1. The highest BCUT2D eigenvalue weighted by molar-refractivity contribution is 4.99. The van der Waals surface area contributed by atoms with Gasteiger partial charge in [0.1, 0.15) is 0 Å². The van der Waals surface area contributed by atoms with E-state index in [1.165, 1.54) is 6.42 Å². The monoisotopic (exact) mass is 98.1 g/mol. The predicted octanol–water partition coefficient (Wildman–Crippen LogP) is 1.21. The first kappa shape index (κ1) is 4.85.